The summed E-state index contributed by atoms with van der Waals surface area (Å²) < 4.78 is 65.5. The molecule has 0 amide bonds. The fourth-order valence-electron chi connectivity index (χ4n) is 2.71. The van der Waals surface area contributed by atoms with E-state index in [0.29, 0.717) is 18.1 Å². The molecule has 0 N–H and O–H groups in total. The third-order valence-corrected chi connectivity index (χ3v) is 6.10. The van der Waals surface area contributed by atoms with Crippen molar-refractivity contribution in [1.29, 1.82) is 0 Å². The Labute approximate surface area is 151 Å². The second-order valence-electron chi connectivity index (χ2n) is 5.54. The van der Waals surface area contributed by atoms with E-state index in [1.807, 2.05) is 0 Å². The van der Waals surface area contributed by atoms with Gasteiger partial charge in [-0.2, -0.15) is 13.2 Å². The first-order valence-electron chi connectivity index (χ1n) is 7.18. The number of sulfonamides is 1. The molecule has 0 spiro atoms. The third-order valence-electron chi connectivity index (χ3n) is 3.96. The predicted octanol–water partition coefficient (Wildman–Crippen LogP) is 4.02. The monoisotopic (exact) mass is 406 g/mol. The molecule has 0 unspecified atom stereocenters. The Bertz CT molecular complexity index is 1010. The van der Waals surface area contributed by atoms with E-state index in [-0.39, 0.29) is 17.9 Å². The number of nitro groups is 1. The lowest BCUT2D eigenvalue weighted by molar-refractivity contribution is -0.384. The molecule has 0 atom stereocenters. The molecule has 1 aliphatic rings. The Kier molecular flexibility index (Phi) is 4.35. The van der Waals surface area contributed by atoms with Gasteiger partial charge in [0.2, 0.25) is 0 Å². The molecule has 0 bridgehead atoms. The van der Waals surface area contributed by atoms with Crippen molar-refractivity contribution in [3.8, 4) is 0 Å². The maximum absolute atomic E-state index is 13.0. The fourth-order valence-corrected chi connectivity index (χ4v) is 4.46. The van der Waals surface area contributed by atoms with E-state index in [4.69, 9.17) is 11.6 Å². The average Bonchev–Trinajstić information content (AvgIpc) is 2.97. The van der Waals surface area contributed by atoms with Crippen molar-refractivity contribution in [2.45, 2.75) is 17.5 Å². The molecule has 0 fully saturated rings. The standard InChI is InChI=1S/C15H10ClF3N2O4S/c16-13-4-3-11(8-12(13)15(17,18)19)26(24,25)20-6-5-9-1-2-10(21(22)23)7-14(9)20/h1-4,7-8H,5-6H2. The minimum Gasteiger partial charge on any atom is -0.265 e. The van der Waals surface area contributed by atoms with Crippen molar-refractivity contribution in [2.24, 2.45) is 0 Å². The van der Waals surface area contributed by atoms with Crippen LogP contribution in [-0.4, -0.2) is 19.9 Å². The Morgan fingerprint density at radius 2 is 1.85 bits per heavy atom. The number of benzene rings is 2. The molecule has 0 saturated carbocycles. The first-order chi connectivity index (χ1) is 12.0. The molecule has 1 heterocycles. The van der Waals surface area contributed by atoms with Gasteiger partial charge in [-0.3, -0.25) is 14.4 Å². The van der Waals surface area contributed by atoms with Crippen LogP contribution in [0, 0.1) is 10.1 Å². The number of fused-ring (bicyclic) bond motifs is 1. The molecule has 1 aliphatic heterocycles. The van der Waals surface area contributed by atoms with Gasteiger partial charge >= 0.3 is 6.18 Å². The summed E-state index contributed by atoms with van der Waals surface area (Å²) in [6, 6.07) is 6.09. The van der Waals surface area contributed by atoms with E-state index in [2.05, 4.69) is 0 Å². The van der Waals surface area contributed by atoms with Crippen LogP contribution in [0.25, 0.3) is 0 Å². The summed E-state index contributed by atoms with van der Waals surface area (Å²) in [5.41, 5.74) is -0.927. The van der Waals surface area contributed by atoms with Crippen molar-refractivity contribution >= 4 is 33.0 Å². The van der Waals surface area contributed by atoms with Crippen molar-refractivity contribution < 1.29 is 26.5 Å². The van der Waals surface area contributed by atoms with Crippen LogP contribution in [0.2, 0.25) is 5.02 Å². The molecule has 0 aliphatic carbocycles. The molecular weight excluding hydrogens is 397 g/mol. The second-order valence-corrected chi connectivity index (χ2v) is 7.81. The molecule has 0 radical (unpaired) electrons. The summed E-state index contributed by atoms with van der Waals surface area (Å²) >= 11 is 5.52. The van der Waals surface area contributed by atoms with E-state index in [1.54, 1.807) is 0 Å². The topological polar surface area (TPSA) is 80.5 Å². The summed E-state index contributed by atoms with van der Waals surface area (Å²) in [4.78, 5) is 9.66. The minimum absolute atomic E-state index is 0.0250. The first-order valence-corrected chi connectivity index (χ1v) is 9.00. The number of non-ortho nitro benzene ring substituents is 1. The normalized spacial score (nSPS) is 14.4. The lowest BCUT2D eigenvalue weighted by Gasteiger charge is -2.20. The van der Waals surface area contributed by atoms with E-state index < -0.39 is 36.6 Å². The number of anilines is 1. The van der Waals surface area contributed by atoms with E-state index >= 15 is 0 Å². The van der Waals surface area contributed by atoms with Gasteiger partial charge in [0.15, 0.2) is 0 Å². The number of nitro benzene ring substituents is 1. The van der Waals surface area contributed by atoms with Gasteiger partial charge in [0.25, 0.3) is 15.7 Å². The highest BCUT2D eigenvalue weighted by atomic mass is 35.5. The van der Waals surface area contributed by atoms with Crippen LogP contribution in [0.4, 0.5) is 24.5 Å². The van der Waals surface area contributed by atoms with Gasteiger partial charge in [0.05, 0.1) is 26.1 Å². The van der Waals surface area contributed by atoms with Crippen LogP contribution >= 0.6 is 11.6 Å². The van der Waals surface area contributed by atoms with Gasteiger partial charge in [0, 0.05) is 18.7 Å². The fraction of sp³-hybridized carbons (Fsp3) is 0.200. The summed E-state index contributed by atoms with van der Waals surface area (Å²) in [5.74, 6) is 0. The molecule has 0 saturated heterocycles. The Morgan fingerprint density at radius 3 is 2.46 bits per heavy atom. The molecule has 26 heavy (non-hydrogen) atoms. The zero-order valence-corrected chi connectivity index (χ0v) is 14.4. The van der Waals surface area contributed by atoms with Crippen LogP contribution in [0.3, 0.4) is 0 Å². The summed E-state index contributed by atoms with van der Waals surface area (Å²) in [7, 11) is -4.34. The summed E-state index contributed by atoms with van der Waals surface area (Å²) in [6.07, 6.45) is -4.52. The average molecular weight is 407 g/mol. The van der Waals surface area contributed by atoms with Crippen molar-refractivity contribution in [3.05, 3.63) is 62.7 Å². The highest BCUT2D eigenvalue weighted by Crippen LogP contribution is 2.39. The Hall–Kier alpha value is -2.33. The first kappa shape index (κ1) is 18.5. The Balaban J connectivity index is 2.10. The van der Waals surface area contributed by atoms with Crippen molar-refractivity contribution in [2.75, 3.05) is 10.8 Å². The number of nitrogens with zero attached hydrogens (tertiary/aromatic N) is 2. The number of alkyl halides is 3. The third kappa shape index (κ3) is 3.10. The maximum atomic E-state index is 13.0. The molecule has 11 heteroatoms. The van der Waals surface area contributed by atoms with Crippen LogP contribution in [0.15, 0.2) is 41.3 Å². The summed E-state index contributed by atoms with van der Waals surface area (Å²) in [6.45, 7) is -0.0250. The van der Waals surface area contributed by atoms with Crippen LogP contribution in [-0.2, 0) is 22.6 Å². The van der Waals surface area contributed by atoms with Crippen molar-refractivity contribution in [1.82, 2.24) is 0 Å². The van der Waals surface area contributed by atoms with Gasteiger partial charge in [-0.25, -0.2) is 8.42 Å². The van der Waals surface area contributed by atoms with Crippen LogP contribution < -0.4 is 4.31 Å². The minimum atomic E-state index is -4.82. The highest BCUT2D eigenvalue weighted by molar-refractivity contribution is 7.92. The largest absolute Gasteiger partial charge is 0.417 e. The van der Waals surface area contributed by atoms with E-state index in [0.717, 1.165) is 22.5 Å². The number of hydrogen-bond donors (Lipinski definition) is 0. The smallest absolute Gasteiger partial charge is 0.265 e. The number of halogens is 4. The Morgan fingerprint density at radius 1 is 1.15 bits per heavy atom. The SMILES string of the molecule is O=[N+]([O-])c1ccc2c(c1)N(S(=O)(=O)c1ccc(Cl)c(C(F)(F)F)c1)CC2. The second kappa shape index (κ2) is 6.13. The predicted molar refractivity (Wildman–Crippen MR) is 87.8 cm³/mol. The summed E-state index contributed by atoms with van der Waals surface area (Å²) in [5, 5.41) is 10.3. The maximum Gasteiger partial charge on any atom is 0.417 e. The van der Waals surface area contributed by atoms with Crippen LogP contribution in [0.5, 0.6) is 0 Å². The molecular formula is C15H10ClF3N2O4S. The van der Waals surface area contributed by atoms with Gasteiger partial charge in [-0.15, -0.1) is 0 Å². The molecule has 0 aromatic heterocycles. The van der Waals surface area contributed by atoms with Gasteiger partial charge in [-0.05, 0) is 30.2 Å². The molecule has 3 rings (SSSR count). The zero-order valence-electron chi connectivity index (χ0n) is 12.8. The van der Waals surface area contributed by atoms with Gasteiger partial charge in [-0.1, -0.05) is 17.7 Å². The lowest BCUT2D eigenvalue weighted by atomic mass is 10.1. The van der Waals surface area contributed by atoms with E-state index in [9.17, 15) is 31.7 Å². The van der Waals surface area contributed by atoms with Crippen LogP contribution in [0.1, 0.15) is 11.1 Å². The number of rotatable bonds is 3. The molecule has 2 aromatic rings. The lowest BCUT2D eigenvalue weighted by Crippen LogP contribution is -2.29. The van der Waals surface area contributed by atoms with E-state index in [1.165, 1.54) is 12.1 Å². The quantitative estimate of drug-likeness (QED) is 0.569. The van der Waals surface area contributed by atoms with Gasteiger partial charge < -0.3 is 0 Å². The highest BCUT2D eigenvalue weighted by Gasteiger charge is 2.37. The number of hydrogen-bond acceptors (Lipinski definition) is 4. The molecule has 6 nitrogen and oxygen atoms in total. The van der Waals surface area contributed by atoms with Gasteiger partial charge in [0.1, 0.15) is 0 Å². The zero-order chi connectivity index (χ0) is 19.3. The molecule has 138 valence electrons. The molecule has 2 aromatic carbocycles. The van der Waals surface area contributed by atoms with Crippen molar-refractivity contribution in [3.63, 3.8) is 0 Å².